The van der Waals surface area contributed by atoms with Crippen LogP contribution < -0.4 is 4.72 Å². The first kappa shape index (κ1) is 10.9. The van der Waals surface area contributed by atoms with Gasteiger partial charge in [-0.2, -0.15) is 4.72 Å². The van der Waals surface area contributed by atoms with Crippen LogP contribution in [0.3, 0.4) is 0 Å². The number of sulfonamides is 1. The van der Waals surface area contributed by atoms with Crippen LogP contribution in [-0.2, 0) is 10.0 Å². The van der Waals surface area contributed by atoms with Crippen molar-refractivity contribution >= 4 is 10.0 Å². The number of rotatable bonds is 4. The van der Waals surface area contributed by atoms with Gasteiger partial charge in [0.25, 0.3) is 0 Å². The number of aliphatic hydroxyl groups is 1. The summed E-state index contributed by atoms with van der Waals surface area (Å²) in [7, 11) is -3.64. The average molecular weight is 213 g/mol. The summed E-state index contributed by atoms with van der Waals surface area (Å²) in [5.41, 5.74) is 0. The Morgan fingerprint density at radius 3 is 2.43 bits per heavy atom. The second kappa shape index (κ2) is 4.36. The highest BCUT2D eigenvalue weighted by molar-refractivity contribution is 7.89. The summed E-state index contributed by atoms with van der Waals surface area (Å²) in [5, 5.41) is 9.05. The number of hydrogen-bond acceptors (Lipinski definition) is 3. The van der Waals surface area contributed by atoms with Crippen LogP contribution in [0.5, 0.6) is 0 Å². The van der Waals surface area contributed by atoms with Crippen molar-refractivity contribution in [3.05, 3.63) is 43.0 Å². The van der Waals surface area contributed by atoms with E-state index in [1.807, 2.05) is 4.72 Å². The van der Waals surface area contributed by atoms with Crippen molar-refractivity contribution in [1.29, 1.82) is 0 Å². The van der Waals surface area contributed by atoms with Crippen LogP contribution >= 0.6 is 0 Å². The van der Waals surface area contributed by atoms with Crippen LogP contribution in [0.1, 0.15) is 0 Å². The molecule has 14 heavy (non-hydrogen) atoms. The lowest BCUT2D eigenvalue weighted by Gasteiger charge is -2.08. The fourth-order valence-electron chi connectivity index (χ4n) is 0.875. The maximum absolute atomic E-state index is 11.5. The third-order valence-corrected chi connectivity index (χ3v) is 3.00. The Labute approximate surface area is 82.9 Å². The fraction of sp³-hybridized carbons (Fsp3) is 0.111. The topological polar surface area (TPSA) is 66.4 Å². The second-order valence-electron chi connectivity index (χ2n) is 2.61. The molecule has 5 heteroatoms. The largest absolute Gasteiger partial charge is 0.374 e. The molecule has 0 saturated heterocycles. The maximum atomic E-state index is 11.5. The molecule has 1 aromatic carbocycles. The van der Waals surface area contributed by atoms with Crippen LogP contribution in [0.25, 0.3) is 0 Å². The number of nitrogens with one attached hydrogen (secondary N) is 1. The van der Waals surface area contributed by atoms with Crippen LogP contribution in [0.4, 0.5) is 0 Å². The predicted octanol–water partition coefficient (Wildman–Crippen LogP) is 0.469. The molecule has 0 aliphatic heterocycles. The third kappa shape index (κ3) is 2.66. The van der Waals surface area contributed by atoms with Crippen LogP contribution in [-0.4, -0.2) is 19.8 Å². The molecular weight excluding hydrogens is 202 g/mol. The van der Waals surface area contributed by atoms with Gasteiger partial charge in [-0.05, 0) is 18.2 Å². The standard InChI is InChI=1S/C9H11NO3S/c1-2-9(11)10-14(12,13)8-6-4-3-5-7-8/h2-7,9-11H,1H2. The lowest BCUT2D eigenvalue weighted by molar-refractivity contribution is 0.212. The zero-order valence-electron chi connectivity index (χ0n) is 7.42. The summed E-state index contributed by atoms with van der Waals surface area (Å²) in [5.74, 6) is 0. The number of hydrogen-bond donors (Lipinski definition) is 2. The summed E-state index contributed by atoms with van der Waals surface area (Å²) < 4.78 is 25.0. The Balaban J connectivity index is 2.92. The smallest absolute Gasteiger partial charge is 0.242 e. The van der Waals surface area contributed by atoms with Crippen molar-refractivity contribution in [2.75, 3.05) is 0 Å². The van der Waals surface area contributed by atoms with E-state index in [-0.39, 0.29) is 4.90 Å². The fourth-order valence-corrected chi connectivity index (χ4v) is 1.94. The molecule has 0 bridgehead atoms. The highest BCUT2D eigenvalue weighted by Gasteiger charge is 2.15. The van der Waals surface area contributed by atoms with E-state index >= 15 is 0 Å². The number of benzene rings is 1. The summed E-state index contributed by atoms with van der Waals surface area (Å²) in [6.07, 6.45) is -0.166. The first-order valence-corrected chi connectivity index (χ1v) is 5.42. The van der Waals surface area contributed by atoms with E-state index < -0.39 is 16.3 Å². The first-order valence-electron chi connectivity index (χ1n) is 3.94. The average Bonchev–Trinajstić information content (AvgIpc) is 2.18. The van der Waals surface area contributed by atoms with Gasteiger partial charge in [-0.1, -0.05) is 24.8 Å². The molecule has 0 aliphatic rings. The first-order chi connectivity index (χ1) is 6.56. The summed E-state index contributed by atoms with van der Waals surface area (Å²) >= 11 is 0. The Morgan fingerprint density at radius 2 is 1.93 bits per heavy atom. The van der Waals surface area contributed by atoms with Gasteiger partial charge in [-0.25, -0.2) is 8.42 Å². The highest BCUT2D eigenvalue weighted by Crippen LogP contribution is 2.07. The van der Waals surface area contributed by atoms with Crippen LogP contribution in [0, 0.1) is 0 Å². The molecule has 0 aliphatic carbocycles. The Morgan fingerprint density at radius 1 is 1.36 bits per heavy atom. The van der Waals surface area contributed by atoms with E-state index in [9.17, 15) is 8.42 Å². The predicted molar refractivity (Wildman–Crippen MR) is 53.0 cm³/mol. The van der Waals surface area contributed by atoms with E-state index in [0.717, 1.165) is 6.08 Å². The molecule has 4 nitrogen and oxygen atoms in total. The van der Waals surface area contributed by atoms with Gasteiger partial charge in [0.1, 0.15) is 6.23 Å². The van der Waals surface area contributed by atoms with E-state index in [1.165, 1.54) is 12.1 Å². The third-order valence-electron chi connectivity index (χ3n) is 1.55. The minimum atomic E-state index is -3.64. The zero-order valence-corrected chi connectivity index (χ0v) is 8.24. The highest BCUT2D eigenvalue weighted by atomic mass is 32.2. The van der Waals surface area contributed by atoms with Gasteiger partial charge in [0, 0.05) is 0 Å². The minimum absolute atomic E-state index is 0.112. The molecular formula is C9H11NO3S. The lowest BCUT2D eigenvalue weighted by Crippen LogP contribution is -2.32. The van der Waals surface area contributed by atoms with Gasteiger partial charge < -0.3 is 5.11 Å². The molecule has 2 N–H and O–H groups in total. The Bertz CT molecular complexity index is 399. The molecule has 0 radical (unpaired) electrons. The van der Waals surface area contributed by atoms with Crippen molar-refractivity contribution in [1.82, 2.24) is 4.72 Å². The summed E-state index contributed by atoms with van der Waals surface area (Å²) in [4.78, 5) is 0.112. The van der Waals surface area contributed by atoms with Crippen molar-refractivity contribution < 1.29 is 13.5 Å². The monoisotopic (exact) mass is 213 g/mol. The molecule has 1 rings (SSSR count). The van der Waals surface area contributed by atoms with E-state index in [1.54, 1.807) is 18.2 Å². The minimum Gasteiger partial charge on any atom is -0.374 e. The zero-order chi connectivity index (χ0) is 10.6. The normalized spacial score (nSPS) is 13.5. The van der Waals surface area contributed by atoms with Crippen molar-refractivity contribution in [2.45, 2.75) is 11.1 Å². The van der Waals surface area contributed by atoms with Gasteiger partial charge in [0.2, 0.25) is 10.0 Å². The van der Waals surface area contributed by atoms with Gasteiger partial charge in [0.05, 0.1) is 4.90 Å². The Kier molecular flexibility index (Phi) is 3.40. The van der Waals surface area contributed by atoms with Crippen LogP contribution in [0.2, 0.25) is 0 Å². The van der Waals surface area contributed by atoms with Gasteiger partial charge in [0.15, 0.2) is 0 Å². The molecule has 1 atom stereocenters. The molecule has 1 aromatic rings. The molecule has 0 spiro atoms. The van der Waals surface area contributed by atoms with Gasteiger partial charge >= 0.3 is 0 Å². The van der Waals surface area contributed by atoms with Gasteiger partial charge in [-0.15, -0.1) is 0 Å². The molecule has 76 valence electrons. The van der Waals surface area contributed by atoms with Crippen LogP contribution in [0.15, 0.2) is 47.9 Å². The van der Waals surface area contributed by atoms with Gasteiger partial charge in [-0.3, -0.25) is 0 Å². The quantitative estimate of drug-likeness (QED) is 0.564. The van der Waals surface area contributed by atoms with Crippen molar-refractivity contribution in [3.63, 3.8) is 0 Å². The van der Waals surface area contributed by atoms with E-state index in [4.69, 9.17) is 5.11 Å². The maximum Gasteiger partial charge on any atom is 0.242 e. The molecule has 0 amide bonds. The molecule has 0 aromatic heterocycles. The van der Waals surface area contributed by atoms with Crippen molar-refractivity contribution in [2.24, 2.45) is 0 Å². The Hall–Kier alpha value is -1.17. The lowest BCUT2D eigenvalue weighted by atomic mass is 10.4. The molecule has 1 unspecified atom stereocenters. The van der Waals surface area contributed by atoms with E-state index in [2.05, 4.69) is 6.58 Å². The van der Waals surface area contributed by atoms with Crippen molar-refractivity contribution in [3.8, 4) is 0 Å². The molecule has 0 fully saturated rings. The molecule has 0 heterocycles. The second-order valence-corrected chi connectivity index (χ2v) is 4.33. The number of aliphatic hydroxyl groups excluding tert-OH is 1. The summed E-state index contributed by atoms with van der Waals surface area (Å²) in [6.45, 7) is 3.26. The summed E-state index contributed by atoms with van der Waals surface area (Å²) in [6, 6.07) is 7.81. The van der Waals surface area contributed by atoms with E-state index in [0.29, 0.717) is 0 Å². The molecule has 0 saturated carbocycles. The SMILES string of the molecule is C=CC(O)NS(=O)(=O)c1ccccc1.